The first-order valence-electron chi connectivity index (χ1n) is 15.5. The van der Waals surface area contributed by atoms with Gasteiger partial charge in [0.25, 0.3) is 0 Å². The molecular weight excluding hydrogens is 594 g/mol. The van der Waals surface area contributed by atoms with Crippen LogP contribution in [0.25, 0.3) is 0 Å². The van der Waals surface area contributed by atoms with Gasteiger partial charge in [-0.1, -0.05) is 58.0 Å². The van der Waals surface area contributed by atoms with Crippen molar-refractivity contribution in [1.29, 1.82) is 0 Å². The summed E-state index contributed by atoms with van der Waals surface area (Å²) in [4.78, 5) is 69.1. The SMILES string of the molecule is CC(C)CC(NC(=O)C(N)CCCN=C(N)N)C(=O)NC(CC(C)C)C(=O)NC(Cc1ccccc1)C(=O)NC(C(N)=O)C(C)O. The molecule has 258 valence electrons. The molecule has 0 aliphatic rings. The third-order valence-corrected chi connectivity index (χ3v) is 6.99. The molecule has 0 heterocycles. The molecule has 15 heteroatoms. The predicted molar refractivity (Wildman–Crippen MR) is 176 cm³/mol. The summed E-state index contributed by atoms with van der Waals surface area (Å²) in [5.74, 6) is -3.52. The maximum Gasteiger partial charge on any atom is 0.243 e. The van der Waals surface area contributed by atoms with Gasteiger partial charge >= 0.3 is 0 Å². The van der Waals surface area contributed by atoms with Crippen LogP contribution in [0.4, 0.5) is 0 Å². The Labute approximate surface area is 271 Å². The summed E-state index contributed by atoms with van der Waals surface area (Å²) in [6, 6.07) is 3.37. The van der Waals surface area contributed by atoms with Gasteiger partial charge in [0.05, 0.1) is 12.1 Å². The number of rotatable bonds is 20. The average molecular weight is 648 g/mol. The van der Waals surface area contributed by atoms with Crippen molar-refractivity contribution in [2.75, 3.05) is 6.54 Å². The molecule has 0 saturated heterocycles. The number of hydrogen-bond donors (Lipinski definition) is 9. The summed E-state index contributed by atoms with van der Waals surface area (Å²) < 4.78 is 0. The first-order chi connectivity index (χ1) is 21.5. The van der Waals surface area contributed by atoms with Crippen LogP contribution < -0.4 is 44.2 Å². The van der Waals surface area contributed by atoms with Crippen LogP contribution >= 0.6 is 0 Å². The van der Waals surface area contributed by atoms with E-state index in [1.807, 2.05) is 27.7 Å². The lowest BCUT2D eigenvalue weighted by Crippen LogP contribution is -2.60. The zero-order chi connectivity index (χ0) is 35.0. The van der Waals surface area contributed by atoms with Crippen molar-refractivity contribution >= 4 is 35.5 Å². The molecule has 6 unspecified atom stereocenters. The van der Waals surface area contributed by atoms with Gasteiger partial charge in [-0.2, -0.15) is 0 Å². The number of nitrogens with one attached hydrogen (secondary N) is 4. The lowest BCUT2D eigenvalue weighted by molar-refractivity contribution is -0.135. The molecule has 0 radical (unpaired) electrons. The highest BCUT2D eigenvalue weighted by molar-refractivity contribution is 5.96. The van der Waals surface area contributed by atoms with Crippen molar-refractivity contribution in [3.63, 3.8) is 0 Å². The molecule has 0 spiro atoms. The largest absolute Gasteiger partial charge is 0.391 e. The molecule has 13 N–H and O–H groups in total. The summed E-state index contributed by atoms with van der Waals surface area (Å²) in [5.41, 5.74) is 22.8. The maximum absolute atomic E-state index is 13.7. The van der Waals surface area contributed by atoms with E-state index in [-0.39, 0.29) is 43.5 Å². The molecule has 6 atom stereocenters. The fraction of sp³-hybridized carbons (Fsp3) is 0.613. The van der Waals surface area contributed by atoms with Crippen LogP contribution in [0, 0.1) is 11.8 Å². The Morgan fingerprint density at radius 3 is 1.67 bits per heavy atom. The van der Waals surface area contributed by atoms with Gasteiger partial charge in [0.1, 0.15) is 24.2 Å². The van der Waals surface area contributed by atoms with E-state index in [1.165, 1.54) is 6.92 Å². The number of amides is 5. The first kappa shape index (κ1) is 39.8. The lowest BCUT2D eigenvalue weighted by Gasteiger charge is -2.28. The number of carbonyl (C=O) groups excluding carboxylic acids is 5. The van der Waals surface area contributed by atoms with Crippen molar-refractivity contribution in [3.8, 4) is 0 Å². The number of aliphatic imine (C=N–C) groups is 1. The van der Waals surface area contributed by atoms with Crippen LogP contribution in [0.2, 0.25) is 0 Å². The van der Waals surface area contributed by atoms with Gasteiger partial charge in [0.2, 0.25) is 29.5 Å². The Morgan fingerprint density at radius 2 is 1.22 bits per heavy atom. The Hall–Kier alpha value is -4.24. The minimum atomic E-state index is -1.38. The quantitative estimate of drug-likeness (QED) is 0.0452. The topological polar surface area (TPSA) is 270 Å². The highest BCUT2D eigenvalue weighted by Crippen LogP contribution is 2.11. The summed E-state index contributed by atoms with van der Waals surface area (Å²) in [6.45, 7) is 9.13. The molecule has 0 saturated carbocycles. The van der Waals surface area contributed by atoms with Gasteiger partial charge in [0, 0.05) is 13.0 Å². The molecule has 46 heavy (non-hydrogen) atoms. The molecule has 15 nitrogen and oxygen atoms in total. The summed E-state index contributed by atoms with van der Waals surface area (Å²) in [5, 5.41) is 20.5. The van der Waals surface area contributed by atoms with Crippen molar-refractivity contribution in [1.82, 2.24) is 21.3 Å². The highest BCUT2D eigenvalue weighted by atomic mass is 16.3. The Kier molecular flexibility index (Phi) is 17.3. The van der Waals surface area contributed by atoms with E-state index in [0.29, 0.717) is 13.0 Å². The van der Waals surface area contributed by atoms with Crippen molar-refractivity contribution in [2.45, 2.75) is 103 Å². The van der Waals surface area contributed by atoms with Crippen LogP contribution in [0.5, 0.6) is 0 Å². The number of aliphatic hydroxyl groups is 1. The molecule has 0 aromatic heterocycles. The number of aliphatic hydroxyl groups excluding tert-OH is 1. The van der Waals surface area contributed by atoms with Crippen LogP contribution in [-0.2, 0) is 30.4 Å². The summed E-state index contributed by atoms with van der Waals surface area (Å²) >= 11 is 0. The van der Waals surface area contributed by atoms with Crippen LogP contribution in [0.3, 0.4) is 0 Å². The van der Waals surface area contributed by atoms with Crippen LogP contribution in [-0.4, -0.2) is 83.5 Å². The van der Waals surface area contributed by atoms with Crippen molar-refractivity contribution < 1.29 is 29.1 Å². The van der Waals surface area contributed by atoms with E-state index in [1.54, 1.807) is 30.3 Å². The predicted octanol–water partition coefficient (Wildman–Crippen LogP) is -1.49. The number of nitrogens with zero attached hydrogens (tertiary/aromatic N) is 1. The molecular formula is C31H53N9O6. The normalized spacial score (nSPS) is 15.1. The van der Waals surface area contributed by atoms with Gasteiger partial charge in [0.15, 0.2) is 5.96 Å². The van der Waals surface area contributed by atoms with Gasteiger partial charge in [-0.25, -0.2) is 0 Å². The molecule has 5 amide bonds. The number of carbonyl (C=O) groups is 5. The second-order valence-corrected chi connectivity index (χ2v) is 12.3. The lowest BCUT2D eigenvalue weighted by atomic mass is 9.98. The fourth-order valence-electron chi connectivity index (χ4n) is 4.62. The van der Waals surface area contributed by atoms with Crippen LogP contribution in [0.1, 0.15) is 65.9 Å². The zero-order valence-corrected chi connectivity index (χ0v) is 27.5. The second-order valence-electron chi connectivity index (χ2n) is 12.3. The van der Waals surface area contributed by atoms with Gasteiger partial charge < -0.3 is 49.3 Å². The molecule has 0 aliphatic carbocycles. The molecule has 1 rings (SSSR count). The van der Waals surface area contributed by atoms with Gasteiger partial charge in [-0.15, -0.1) is 0 Å². The number of hydrogen-bond acceptors (Lipinski definition) is 8. The Bertz CT molecular complexity index is 1170. The first-order valence-corrected chi connectivity index (χ1v) is 15.5. The molecule has 0 fully saturated rings. The van der Waals surface area contributed by atoms with E-state index in [2.05, 4.69) is 26.3 Å². The number of nitrogens with two attached hydrogens (primary N) is 4. The third kappa shape index (κ3) is 15.2. The van der Waals surface area contributed by atoms with E-state index >= 15 is 0 Å². The standard InChI is InChI=1S/C31H53N9O6/c1-17(2)14-22(37-27(43)21(32)12-9-13-36-31(34)35)28(44)38-23(15-18(3)4)29(45)39-24(16-20-10-7-6-8-11-20)30(46)40-25(19(5)41)26(33)42/h6-8,10-11,17-19,21-25,41H,9,12-16,32H2,1-5H3,(H2,33,42)(H,37,43)(H,38,44)(H,39,45)(H,40,46)(H4,34,35,36). The Morgan fingerprint density at radius 1 is 0.739 bits per heavy atom. The second kappa shape index (κ2) is 20.0. The summed E-state index contributed by atoms with van der Waals surface area (Å²) in [7, 11) is 0. The minimum absolute atomic E-state index is 0.0117. The molecule has 1 aromatic rings. The van der Waals surface area contributed by atoms with E-state index in [0.717, 1.165) is 5.56 Å². The number of primary amides is 1. The number of guanidine groups is 1. The molecule has 1 aromatic carbocycles. The van der Waals surface area contributed by atoms with E-state index in [4.69, 9.17) is 22.9 Å². The van der Waals surface area contributed by atoms with Crippen LogP contribution in [0.15, 0.2) is 35.3 Å². The fourth-order valence-corrected chi connectivity index (χ4v) is 4.62. The van der Waals surface area contributed by atoms with E-state index in [9.17, 15) is 29.1 Å². The van der Waals surface area contributed by atoms with Gasteiger partial charge in [-0.05, 0) is 50.0 Å². The van der Waals surface area contributed by atoms with Crippen molar-refractivity contribution in [2.24, 2.45) is 39.8 Å². The smallest absolute Gasteiger partial charge is 0.243 e. The third-order valence-electron chi connectivity index (χ3n) is 6.99. The summed E-state index contributed by atoms with van der Waals surface area (Å²) in [6.07, 6.45) is 0.0243. The molecule has 0 aliphatic heterocycles. The zero-order valence-electron chi connectivity index (χ0n) is 27.5. The average Bonchev–Trinajstić information content (AvgIpc) is 2.96. The van der Waals surface area contributed by atoms with Gasteiger partial charge in [-0.3, -0.25) is 29.0 Å². The number of benzene rings is 1. The molecule has 0 bridgehead atoms. The monoisotopic (exact) mass is 647 g/mol. The Balaban J connectivity index is 3.17. The maximum atomic E-state index is 13.7. The minimum Gasteiger partial charge on any atom is -0.391 e. The highest BCUT2D eigenvalue weighted by Gasteiger charge is 2.33. The van der Waals surface area contributed by atoms with Crippen molar-refractivity contribution in [3.05, 3.63) is 35.9 Å². The van der Waals surface area contributed by atoms with E-state index < -0.39 is 65.8 Å².